The topological polar surface area (TPSA) is 92.7 Å². The molecule has 1 amide bonds. The molecule has 0 aliphatic rings. The Labute approximate surface area is 161 Å². The number of benzene rings is 1. The summed E-state index contributed by atoms with van der Waals surface area (Å²) in [6.45, 7) is 2.52. The highest BCUT2D eigenvalue weighted by molar-refractivity contribution is 5.84. The van der Waals surface area contributed by atoms with Gasteiger partial charge in [0.05, 0.1) is 5.39 Å². The van der Waals surface area contributed by atoms with Gasteiger partial charge in [-0.15, -0.1) is 0 Å². The van der Waals surface area contributed by atoms with Gasteiger partial charge in [0, 0.05) is 42.8 Å². The van der Waals surface area contributed by atoms with Crippen LogP contribution in [0.3, 0.4) is 0 Å². The van der Waals surface area contributed by atoms with Gasteiger partial charge in [0.2, 0.25) is 5.91 Å². The van der Waals surface area contributed by atoms with Gasteiger partial charge in [-0.2, -0.15) is 0 Å². The highest BCUT2D eigenvalue weighted by Crippen LogP contribution is 2.18. The van der Waals surface area contributed by atoms with Crippen molar-refractivity contribution < 1.29 is 4.79 Å². The van der Waals surface area contributed by atoms with E-state index in [1.165, 1.54) is 0 Å². The number of carbonyl (C=O) groups is 1. The number of aromatic nitrogens is 4. The van der Waals surface area contributed by atoms with Crippen LogP contribution in [0.15, 0.2) is 53.6 Å². The Morgan fingerprint density at radius 3 is 2.89 bits per heavy atom. The summed E-state index contributed by atoms with van der Waals surface area (Å²) in [6, 6.07) is 11.5. The molecule has 3 aromatic heterocycles. The molecule has 142 valence electrons. The third kappa shape index (κ3) is 3.51. The number of amides is 1. The van der Waals surface area contributed by atoms with Crippen LogP contribution in [0.1, 0.15) is 17.8 Å². The maximum atomic E-state index is 12.6. The third-order valence-corrected chi connectivity index (χ3v) is 4.87. The first-order valence-corrected chi connectivity index (χ1v) is 9.27. The molecule has 1 aromatic carbocycles. The Kier molecular flexibility index (Phi) is 4.89. The number of aromatic amines is 1. The van der Waals surface area contributed by atoms with E-state index >= 15 is 0 Å². The van der Waals surface area contributed by atoms with Crippen molar-refractivity contribution in [3.63, 3.8) is 0 Å². The molecule has 4 rings (SSSR count). The summed E-state index contributed by atoms with van der Waals surface area (Å²) in [5, 5.41) is 4.52. The molecule has 3 heterocycles. The predicted molar refractivity (Wildman–Crippen MR) is 108 cm³/mol. The lowest BCUT2D eigenvalue weighted by atomic mass is 10.1. The summed E-state index contributed by atoms with van der Waals surface area (Å²) in [7, 11) is 0. The monoisotopic (exact) mass is 375 g/mol. The van der Waals surface area contributed by atoms with Crippen LogP contribution >= 0.6 is 0 Å². The van der Waals surface area contributed by atoms with Crippen LogP contribution in [0, 0.1) is 6.92 Å². The number of para-hydroxylation sites is 1. The second-order valence-electron chi connectivity index (χ2n) is 6.70. The number of H-pyrrole nitrogens is 1. The molecule has 0 atom stereocenters. The van der Waals surface area contributed by atoms with E-state index < -0.39 is 0 Å². The van der Waals surface area contributed by atoms with Gasteiger partial charge in [-0.3, -0.25) is 14.2 Å². The van der Waals surface area contributed by atoms with Crippen molar-refractivity contribution in [2.75, 3.05) is 6.54 Å². The number of pyridine rings is 1. The van der Waals surface area contributed by atoms with E-state index in [-0.39, 0.29) is 11.5 Å². The summed E-state index contributed by atoms with van der Waals surface area (Å²) < 4.78 is 1.57. The number of fused-ring (bicyclic) bond motifs is 2. The van der Waals surface area contributed by atoms with Crippen LogP contribution in [0.5, 0.6) is 0 Å². The van der Waals surface area contributed by atoms with Crippen molar-refractivity contribution in [2.45, 2.75) is 26.3 Å². The summed E-state index contributed by atoms with van der Waals surface area (Å²) >= 11 is 0. The zero-order valence-electron chi connectivity index (χ0n) is 15.6. The zero-order valence-corrected chi connectivity index (χ0v) is 15.6. The molecule has 0 radical (unpaired) electrons. The Morgan fingerprint density at radius 1 is 1.18 bits per heavy atom. The lowest BCUT2D eigenvalue weighted by molar-refractivity contribution is -0.121. The second kappa shape index (κ2) is 7.64. The number of hydrogen-bond donors (Lipinski definition) is 2. The van der Waals surface area contributed by atoms with Gasteiger partial charge >= 0.3 is 0 Å². The summed E-state index contributed by atoms with van der Waals surface area (Å²) in [4.78, 5) is 36.5. The maximum Gasteiger partial charge on any atom is 0.263 e. The quantitative estimate of drug-likeness (QED) is 0.541. The van der Waals surface area contributed by atoms with Gasteiger partial charge in [0.25, 0.3) is 5.56 Å². The standard InChI is InChI=1S/C21H21N5O2/c1-14-25-20-17(6-4-10-23-20)21(28)26(14)12-11-22-19(27)9-8-15-13-24-18-7-3-2-5-16(15)18/h2-7,10,13,24H,8-9,11-12H2,1H3,(H,22,27). The molecule has 4 aromatic rings. The molecule has 0 unspecified atom stereocenters. The maximum absolute atomic E-state index is 12.6. The van der Waals surface area contributed by atoms with Crippen molar-refractivity contribution in [2.24, 2.45) is 0 Å². The van der Waals surface area contributed by atoms with E-state index in [2.05, 4.69) is 26.3 Å². The molecule has 0 aliphatic carbocycles. The Balaban J connectivity index is 1.36. The van der Waals surface area contributed by atoms with Gasteiger partial charge < -0.3 is 10.3 Å². The van der Waals surface area contributed by atoms with Gasteiger partial charge in [-0.1, -0.05) is 18.2 Å². The number of hydrogen-bond acceptors (Lipinski definition) is 4. The number of rotatable bonds is 6. The van der Waals surface area contributed by atoms with E-state index in [1.54, 1.807) is 29.8 Å². The van der Waals surface area contributed by atoms with Crippen LogP contribution in [0.2, 0.25) is 0 Å². The molecule has 0 fully saturated rings. The van der Waals surface area contributed by atoms with Crippen LogP contribution in [-0.2, 0) is 17.8 Å². The first kappa shape index (κ1) is 17.9. The molecule has 0 spiro atoms. The number of aryl methyl sites for hydroxylation is 2. The van der Waals surface area contributed by atoms with E-state index in [1.807, 2.05) is 24.4 Å². The van der Waals surface area contributed by atoms with Crippen LogP contribution in [0.25, 0.3) is 21.9 Å². The van der Waals surface area contributed by atoms with Crippen LogP contribution in [-0.4, -0.2) is 32.0 Å². The van der Waals surface area contributed by atoms with Gasteiger partial charge in [0.1, 0.15) is 5.82 Å². The molecular weight excluding hydrogens is 354 g/mol. The fraction of sp³-hybridized carbons (Fsp3) is 0.238. The molecule has 0 saturated heterocycles. The fourth-order valence-corrected chi connectivity index (χ4v) is 3.40. The van der Waals surface area contributed by atoms with Gasteiger partial charge in [0.15, 0.2) is 5.65 Å². The third-order valence-electron chi connectivity index (χ3n) is 4.87. The predicted octanol–water partition coefficient (Wildman–Crippen LogP) is 2.33. The number of nitrogens with one attached hydrogen (secondary N) is 2. The van der Waals surface area contributed by atoms with Crippen molar-refractivity contribution in [3.05, 3.63) is 70.5 Å². The summed E-state index contributed by atoms with van der Waals surface area (Å²) in [5.41, 5.74) is 2.52. The highest BCUT2D eigenvalue weighted by atomic mass is 16.1. The smallest absolute Gasteiger partial charge is 0.263 e. The van der Waals surface area contributed by atoms with E-state index in [9.17, 15) is 9.59 Å². The Bertz CT molecular complexity index is 1210. The lowest BCUT2D eigenvalue weighted by Crippen LogP contribution is -2.32. The van der Waals surface area contributed by atoms with E-state index in [4.69, 9.17) is 0 Å². The first-order valence-electron chi connectivity index (χ1n) is 9.27. The molecule has 28 heavy (non-hydrogen) atoms. The van der Waals surface area contributed by atoms with E-state index in [0.29, 0.717) is 42.8 Å². The molecule has 7 nitrogen and oxygen atoms in total. The molecule has 0 saturated carbocycles. The van der Waals surface area contributed by atoms with Crippen molar-refractivity contribution in [1.82, 2.24) is 24.8 Å². The molecule has 0 bridgehead atoms. The van der Waals surface area contributed by atoms with E-state index in [0.717, 1.165) is 16.5 Å². The largest absolute Gasteiger partial charge is 0.361 e. The molecule has 0 aliphatic heterocycles. The minimum Gasteiger partial charge on any atom is -0.361 e. The first-order chi connectivity index (χ1) is 13.6. The molecule has 2 N–H and O–H groups in total. The summed E-state index contributed by atoms with van der Waals surface area (Å²) in [5.74, 6) is 0.552. The van der Waals surface area contributed by atoms with Crippen molar-refractivity contribution in [3.8, 4) is 0 Å². The van der Waals surface area contributed by atoms with Gasteiger partial charge in [-0.25, -0.2) is 9.97 Å². The average Bonchev–Trinajstić information content (AvgIpc) is 3.12. The molecular formula is C21H21N5O2. The second-order valence-corrected chi connectivity index (χ2v) is 6.70. The molecule has 7 heteroatoms. The fourth-order valence-electron chi connectivity index (χ4n) is 3.40. The van der Waals surface area contributed by atoms with Crippen LogP contribution in [0.4, 0.5) is 0 Å². The number of nitrogens with zero attached hydrogens (tertiary/aromatic N) is 3. The van der Waals surface area contributed by atoms with Crippen molar-refractivity contribution >= 4 is 27.8 Å². The van der Waals surface area contributed by atoms with Gasteiger partial charge in [-0.05, 0) is 37.1 Å². The lowest BCUT2D eigenvalue weighted by Gasteiger charge is -2.11. The normalized spacial score (nSPS) is 11.2. The number of carbonyl (C=O) groups excluding carboxylic acids is 1. The average molecular weight is 375 g/mol. The van der Waals surface area contributed by atoms with Crippen molar-refractivity contribution in [1.29, 1.82) is 0 Å². The Morgan fingerprint density at radius 2 is 2.00 bits per heavy atom. The minimum atomic E-state index is -0.136. The zero-order chi connectivity index (χ0) is 19.5. The highest BCUT2D eigenvalue weighted by Gasteiger charge is 2.10. The summed E-state index contributed by atoms with van der Waals surface area (Å²) in [6.07, 6.45) is 4.63. The minimum absolute atomic E-state index is 0.0357. The van der Waals surface area contributed by atoms with Crippen LogP contribution < -0.4 is 10.9 Å². The Hall–Kier alpha value is -3.48. The SMILES string of the molecule is Cc1nc2ncccc2c(=O)n1CCNC(=O)CCc1c[nH]c2ccccc12.